The van der Waals surface area contributed by atoms with Crippen molar-refractivity contribution in [2.45, 2.75) is 38.6 Å². The molecule has 0 radical (unpaired) electrons. The van der Waals surface area contributed by atoms with E-state index >= 15 is 0 Å². The molecule has 92 valence electrons. The van der Waals surface area contributed by atoms with E-state index in [4.69, 9.17) is 0 Å². The van der Waals surface area contributed by atoms with Crippen molar-refractivity contribution in [3.8, 4) is 0 Å². The summed E-state index contributed by atoms with van der Waals surface area (Å²) in [6.07, 6.45) is 5.56. The Morgan fingerprint density at radius 2 is 2.19 bits per heavy atom. The summed E-state index contributed by atoms with van der Waals surface area (Å²) in [4.78, 5) is 11.7. The number of hydrogen-bond donors (Lipinski definition) is 2. The second-order valence-corrected chi connectivity index (χ2v) is 3.90. The minimum absolute atomic E-state index is 0.0808. The molecule has 0 heterocycles. The highest BCUT2D eigenvalue weighted by atomic mass is 16.1. The Morgan fingerprint density at radius 3 is 2.69 bits per heavy atom. The van der Waals surface area contributed by atoms with Gasteiger partial charge in [-0.05, 0) is 13.5 Å². The lowest BCUT2D eigenvalue weighted by molar-refractivity contribution is -0.116. The summed E-state index contributed by atoms with van der Waals surface area (Å²) in [5.41, 5.74) is 0.483. The van der Waals surface area contributed by atoms with Gasteiger partial charge in [0.1, 0.15) is 0 Å². The fourth-order valence-corrected chi connectivity index (χ4v) is 1.44. The summed E-state index contributed by atoms with van der Waals surface area (Å²) in [6, 6.07) is 0.259. The van der Waals surface area contributed by atoms with Crippen LogP contribution in [0.15, 0.2) is 24.9 Å². The predicted octanol–water partition coefficient (Wildman–Crippen LogP) is 2.01. The first-order valence-corrected chi connectivity index (χ1v) is 5.89. The Hall–Kier alpha value is -1.09. The number of unbranched alkanes of at least 4 members (excludes halogenated alkanes) is 1. The van der Waals surface area contributed by atoms with Crippen LogP contribution in [-0.2, 0) is 4.79 Å². The molecule has 3 nitrogen and oxygen atoms in total. The number of carbonyl (C=O) groups excluding carboxylic acids is 1. The average Bonchev–Trinajstić information content (AvgIpc) is 2.30. The van der Waals surface area contributed by atoms with Gasteiger partial charge in [0.2, 0.25) is 0 Å². The second kappa shape index (κ2) is 9.16. The molecule has 0 aromatic heterocycles. The van der Waals surface area contributed by atoms with Gasteiger partial charge in [-0.1, -0.05) is 32.4 Å². The topological polar surface area (TPSA) is 41.1 Å². The van der Waals surface area contributed by atoms with Crippen LogP contribution in [0, 0.1) is 0 Å². The lowest BCUT2D eigenvalue weighted by Gasteiger charge is -2.15. The molecule has 0 fully saturated rings. The second-order valence-electron chi connectivity index (χ2n) is 3.90. The van der Waals surface area contributed by atoms with Crippen molar-refractivity contribution in [3.63, 3.8) is 0 Å². The summed E-state index contributed by atoms with van der Waals surface area (Å²) in [7, 11) is 1.90. The van der Waals surface area contributed by atoms with Gasteiger partial charge in [0.05, 0.1) is 5.70 Å². The first kappa shape index (κ1) is 14.9. The zero-order valence-corrected chi connectivity index (χ0v) is 10.5. The van der Waals surface area contributed by atoms with E-state index in [1.54, 1.807) is 6.08 Å². The Bertz CT molecular complexity index is 236. The number of allylic oxidation sites excluding steroid dienone is 1. The largest absolute Gasteiger partial charge is 0.379 e. The molecule has 1 unspecified atom stereocenters. The molecule has 2 N–H and O–H groups in total. The highest BCUT2D eigenvalue weighted by Gasteiger charge is 2.13. The fourth-order valence-electron chi connectivity index (χ4n) is 1.44. The van der Waals surface area contributed by atoms with Gasteiger partial charge in [-0.3, -0.25) is 4.79 Å². The van der Waals surface area contributed by atoms with Gasteiger partial charge in [-0.15, -0.1) is 6.58 Å². The van der Waals surface area contributed by atoms with Gasteiger partial charge in [0.15, 0.2) is 5.78 Å². The van der Waals surface area contributed by atoms with Gasteiger partial charge >= 0.3 is 0 Å². The van der Waals surface area contributed by atoms with E-state index in [-0.39, 0.29) is 11.8 Å². The van der Waals surface area contributed by atoms with E-state index in [0.717, 1.165) is 19.3 Å². The number of nitrogens with one attached hydrogen (secondary N) is 2. The van der Waals surface area contributed by atoms with Crippen molar-refractivity contribution < 1.29 is 4.79 Å². The van der Waals surface area contributed by atoms with Crippen molar-refractivity contribution >= 4 is 5.78 Å². The normalized spacial score (nSPS) is 11.9. The van der Waals surface area contributed by atoms with E-state index in [1.807, 2.05) is 7.05 Å². The quantitative estimate of drug-likeness (QED) is 0.440. The van der Waals surface area contributed by atoms with Crippen LogP contribution in [0.5, 0.6) is 0 Å². The van der Waals surface area contributed by atoms with E-state index in [1.165, 1.54) is 0 Å². The van der Waals surface area contributed by atoms with Crippen molar-refractivity contribution in [1.29, 1.82) is 0 Å². The summed E-state index contributed by atoms with van der Waals surface area (Å²) in [5.74, 6) is 0.0808. The maximum atomic E-state index is 11.7. The van der Waals surface area contributed by atoms with E-state index < -0.39 is 0 Å². The van der Waals surface area contributed by atoms with E-state index in [0.29, 0.717) is 18.7 Å². The first-order valence-electron chi connectivity index (χ1n) is 5.89. The van der Waals surface area contributed by atoms with Gasteiger partial charge in [0.25, 0.3) is 0 Å². The minimum atomic E-state index is 0.0808. The van der Waals surface area contributed by atoms with Crippen LogP contribution < -0.4 is 10.6 Å². The standard InChI is InChI=1S/C13H24N2O/c1-5-7-8-12(14-4)10-13(16)11(3)15-9-6-2/h6,12,14-15H,2-3,5,7-10H2,1,4H3. The number of Topliss-reactive ketones (excluding diaryl/α,β-unsaturated/α-hetero) is 1. The molecule has 0 aliphatic carbocycles. The monoisotopic (exact) mass is 224 g/mol. The number of rotatable bonds is 10. The minimum Gasteiger partial charge on any atom is -0.379 e. The predicted molar refractivity (Wildman–Crippen MR) is 69.3 cm³/mol. The Kier molecular flexibility index (Phi) is 8.53. The molecular weight excluding hydrogens is 200 g/mol. The summed E-state index contributed by atoms with van der Waals surface area (Å²) >= 11 is 0. The first-order chi connectivity index (χ1) is 7.65. The van der Waals surface area contributed by atoms with Crippen LogP contribution in [-0.4, -0.2) is 25.4 Å². The lowest BCUT2D eigenvalue weighted by Crippen LogP contribution is -2.30. The average molecular weight is 224 g/mol. The molecule has 3 heteroatoms. The molecule has 0 aromatic carbocycles. The molecule has 0 saturated heterocycles. The van der Waals surface area contributed by atoms with Crippen LogP contribution in [0.3, 0.4) is 0 Å². The molecular formula is C13H24N2O. The molecule has 0 rings (SSSR count). The zero-order valence-electron chi connectivity index (χ0n) is 10.5. The molecule has 0 aromatic rings. The molecule has 0 amide bonds. The smallest absolute Gasteiger partial charge is 0.179 e. The van der Waals surface area contributed by atoms with Crippen molar-refractivity contribution in [1.82, 2.24) is 10.6 Å². The molecule has 0 bridgehead atoms. The number of ketones is 1. The summed E-state index contributed by atoms with van der Waals surface area (Å²) in [5, 5.41) is 6.10. The molecule has 0 aliphatic heterocycles. The third kappa shape index (κ3) is 6.40. The van der Waals surface area contributed by atoms with Gasteiger partial charge < -0.3 is 10.6 Å². The van der Waals surface area contributed by atoms with Crippen LogP contribution in [0.4, 0.5) is 0 Å². The van der Waals surface area contributed by atoms with E-state index in [2.05, 4.69) is 30.7 Å². The maximum absolute atomic E-state index is 11.7. The number of carbonyl (C=O) groups is 1. The number of hydrogen-bond acceptors (Lipinski definition) is 3. The molecule has 1 atom stereocenters. The molecule has 0 aliphatic rings. The van der Waals surface area contributed by atoms with Gasteiger partial charge in [0, 0.05) is 19.0 Å². The zero-order chi connectivity index (χ0) is 12.4. The highest BCUT2D eigenvalue weighted by molar-refractivity contribution is 5.94. The van der Waals surface area contributed by atoms with Crippen LogP contribution >= 0.6 is 0 Å². The lowest BCUT2D eigenvalue weighted by atomic mass is 10.0. The van der Waals surface area contributed by atoms with Crippen LogP contribution in [0.1, 0.15) is 32.6 Å². The molecule has 0 saturated carbocycles. The van der Waals surface area contributed by atoms with Gasteiger partial charge in [-0.2, -0.15) is 0 Å². The van der Waals surface area contributed by atoms with Crippen molar-refractivity contribution in [2.75, 3.05) is 13.6 Å². The van der Waals surface area contributed by atoms with Crippen molar-refractivity contribution in [3.05, 3.63) is 24.9 Å². The van der Waals surface area contributed by atoms with Gasteiger partial charge in [-0.25, -0.2) is 0 Å². The fraction of sp³-hybridized carbons (Fsp3) is 0.615. The van der Waals surface area contributed by atoms with Crippen LogP contribution in [0.25, 0.3) is 0 Å². The summed E-state index contributed by atoms with van der Waals surface area (Å²) in [6.45, 7) is 10.0. The summed E-state index contributed by atoms with van der Waals surface area (Å²) < 4.78 is 0. The van der Waals surface area contributed by atoms with Crippen molar-refractivity contribution in [2.24, 2.45) is 0 Å². The SMILES string of the molecule is C=CCNC(=C)C(=O)CC(CCCC)NC. The van der Waals surface area contributed by atoms with E-state index in [9.17, 15) is 4.79 Å². The Labute approximate surface area is 99.0 Å². The highest BCUT2D eigenvalue weighted by Crippen LogP contribution is 2.06. The Morgan fingerprint density at radius 1 is 1.50 bits per heavy atom. The molecule has 16 heavy (non-hydrogen) atoms. The third-order valence-corrected chi connectivity index (χ3v) is 2.54. The third-order valence-electron chi connectivity index (χ3n) is 2.54. The van der Waals surface area contributed by atoms with Crippen LogP contribution in [0.2, 0.25) is 0 Å². The Balaban J connectivity index is 3.98. The molecule has 0 spiro atoms. The maximum Gasteiger partial charge on any atom is 0.179 e.